The molecule has 0 heterocycles. The molecule has 0 fully saturated rings. The Balaban J connectivity index is 2.78. The molecule has 2 unspecified atom stereocenters. The van der Waals surface area contributed by atoms with Crippen LogP contribution in [0.1, 0.15) is 50.9 Å². The van der Waals surface area contributed by atoms with Gasteiger partial charge in [-0.1, -0.05) is 43.6 Å². The van der Waals surface area contributed by atoms with Crippen molar-refractivity contribution < 1.29 is 13.2 Å². The summed E-state index contributed by atoms with van der Waals surface area (Å²) in [5.74, 6) is -2.51. The van der Waals surface area contributed by atoms with Gasteiger partial charge in [0.15, 0.2) is 11.6 Å². The van der Waals surface area contributed by atoms with Gasteiger partial charge in [-0.15, -0.1) is 0 Å². The lowest BCUT2D eigenvalue weighted by atomic mass is 9.83. The van der Waals surface area contributed by atoms with Crippen molar-refractivity contribution in [3.8, 4) is 0 Å². The standard InChI is InChI=1S/C15H20BrF3/c1-9(8-15(2,3)4)5-11(16)10-6-13(18)14(19)7-12(10)17/h6-7,9,11H,5,8H2,1-4H3. The molecule has 0 saturated carbocycles. The summed E-state index contributed by atoms with van der Waals surface area (Å²) in [4.78, 5) is -0.306. The van der Waals surface area contributed by atoms with E-state index in [0.29, 0.717) is 18.4 Å². The fraction of sp³-hybridized carbons (Fsp3) is 0.600. The first-order chi connectivity index (χ1) is 8.60. The Labute approximate surface area is 121 Å². The van der Waals surface area contributed by atoms with E-state index < -0.39 is 17.5 Å². The van der Waals surface area contributed by atoms with E-state index in [2.05, 4.69) is 43.6 Å². The molecular formula is C15H20BrF3. The van der Waals surface area contributed by atoms with Gasteiger partial charge in [0.2, 0.25) is 0 Å². The largest absolute Gasteiger partial charge is 0.207 e. The molecule has 1 rings (SSSR count). The van der Waals surface area contributed by atoms with Gasteiger partial charge < -0.3 is 0 Å². The second kappa shape index (κ2) is 6.29. The predicted molar refractivity (Wildman–Crippen MR) is 75.8 cm³/mol. The lowest BCUT2D eigenvalue weighted by Gasteiger charge is -2.25. The minimum Gasteiger partial charge on any atom is -0.207 e. The van der Waals surface area contributed by atoms with Gasteiger partial charge in [0.25, 0.3) is 0 Å². The summed E-state index contributed by atoms with van der Waals surface area (Å²) in [5, 5.41) is 0. The average molecular weight is 337 g/mol. The molecule has 0 nitrogen and oxygen atoms in total. The van der Waals surface area contributed by atoms with E-state index in [1.54, 1.807) is 0 Å². The average Bonchev–Trinajstić information content (AvgIpc) is 2.20. The first kappa shape index (κ1) is 16.5. The van der Waals surface area contributed by atoms with Crippen LogP contribution in [0.15, 0.2) is 12.1 Å². The Hall–Kier alpha value is -0.510. The monoisotopic (exact) mass is 336 g/mol. The van der Waals surface area contributed by atoms with Crippen LogP contribution in [0, 0.1) is 28.8 Å². The lowest BCUT2D eigenvalue weighted by molar-refractivity contribution is 0.296. The predicted octanol–water partition coefficient (Wildman–Crippen LogP) is 6.00. The van der Waals surface area contributed by atoms with Gasteiger partial charge in [0.1, 0.15) is 5.82 Å². The number of halogens is 4. The van der Waals surface area contributed by atoms with Crippen LogP contribution in [0.5, 0.6) is 0 Å². The van der Waals surface area contributed by atoms with Crippen molar-refractivity contribution in [2.45, 2.75) is 45.4 Å². The molecule has 19 heavy (non-hydrogen) atoms. The van der Waals surface area contributed by atoms with E-state index in [1.165, 1.54) is 0 Å². The van der Waals surface area contributed by atoms with Crippen molar-refractivity contribution in [2.24, 2.45) is 11.3 Å². The molecule has 0 aliphatic carbocycles. The third-order valence-electron chi connectivity index (χ3n) is 2.95. The van der Waals surface area contributed by atoms with E-state index in [4.69, 9.17) is 0 Å². The number of rotatable bonds is 4. The van der Waals surface area contributed by atoms with E-state index in [9.17, 15) is 13.2 Å². The topological polar surface area (TPSA) is 0 Å². The fourth-order valence-corrected chi connectivity index (χ4v) is 3.38. The maximum Gasteiger partial charge on any atom is 0.161 e. The summed E-state index contributed by atoms with van der Waals surface area (Å²) in [6.45, 7) is 8.51. The molecule has 0 aliphatic heterocycles. The highest BCUT2D eigenvalue weighted by Gasteiger charge is 2.21. The molecule has 108 valence electrons. The fourth-order valence-electron chi connectivity index (χ4n) is 2.39. The lowest BCUT2D eigenvalue weighted by Crippen LogP contribution is -2.12. The van der Waals surface area contributed by atoms with Crippen LogP contribution in [0.2, 0.25) is 0 Å². The summed E-state index contributed by atoms with van der Waals surface area (Å²) in [6, 6.07) is 1.54. The smallest absolute Gasteiger partial charge is 0.161 e. The zero-order valence-electron chi connectivity index (χ0n) is 11.7. The van der Waals surface area contributed by atoms with Gasteiger partial charge in [0.05, 0.1) is 0 Å². The zero-order chi connectivity index (χ0) is 14.8. The summed E-state index contributed by atoms with van der Waals surface area (Å²) < 4.78 is 39.7. The van der Waals surface area contributed by atoms with Gasteiger partial charge in [0, 0.05) is 16.5 Å². The molecule has 4 heteroatoms. The number of alkyl halides is 1. The molecule has 2 atom stereocenters. The third-order valence-corrected chi connectivity index (χ3v) is 3.81. The summed E-state index contributed by atoms with van der Waals surface area (Å²) in [7, 11) is 0. The Morgan fingerprint density at radius 2 is 1.58 bits per heavy atom. The summed E-state index contributed by atoms with van der Waals surface area (Å²) in [5.41, 5.74) is 0.373. The van der Waals surface area contributed by atoms with Crippen molar-refractivity contribution in [1.29, 1.82) is 0 Å². The second-order valence-electron chi connectivity index (χ2n) is 6.36. The minimum atomic E-state index is -1.15. The van der Waals surface area contributed by atoms with Crippen molar-refractivity contribution in [1.82, 2.24) is 0 Å². The molecular weight excluding hydrogens is 317 g/mol. The number of hydrogen-bond donors (Lipinski definition) is 0. The van der Waals surface area contributed by atoms with Crippen molar-refractivity contribution >= 4 is 15.9 Å². The zero-order valence-corrected chi connectivity index (χ0v) is 13.3. The maximum absolute atomic E-state index is 13.6. The quantitative estimate of drug-likeness (QED) is 0.467. The van der Waals surface area contributed by atoms with Crippen LogP contribution in [0.25, 0.3) is 0 Å². The third kappa shape index (κ3) is 5.17. The highest BCUT2D eigenvalue weighted by atomic mass is 79.9. The maximum atomic E-state index is 13.6. The van der Waals surface area contributed by atoms with Gasteiger partial charge in [-0.25, -0.2) is 13.2 Å². The SMILES string of the molecule is CC(CC(Br)c1cc(F)c(F)cc1F)CC(C)(C)C. The van der Waals surface area contributed by atoms with Crippen LogP contribution in [-0.2, 0) is 0 Å². The van der Waals surface area contributed by atoms with Crippen LogP contribution in [0.3, 0.4) is 0 Å². The highest BCUT2D eigenvalue weighted by Crippen LogP contribution is 2.36. The Morgan fingerprint density at radius 1 is 1.05 bits per heavy atom. The normalized spacial score (nSPS) is 15.4. The van der Waals surface area contributed by atoms with Gasteiger partial charge in [-0.3, -0.25) is 0 Å². The van der Waals surface area contributed by atoms with Gasteiger partial charge >= 0.3 is 0 Å². The van der Waals surface area contributed by atoms with Crippen molar-refractivity contribution in [3.05, 3.63) is 35.1 Å². The summed E-state index contributed by atoms with van der Waals surface area (Å²) >= 11 is 3.37. The van der Waals surface area contributed by atoms with Crippen molar-refractivity contribution in [3.63, 3.8) is 0 Å². The molecule has 0 bridgehead atoms. The molecule has 1 aromatic carbocycles. The van der Waals surface area contributed by atoms with Gasteiger partial charge in [-0.05, 0) is 30.2 Å². The van der Waals surface area contributed by atoms with Crippen LogP contribution in [0.4, 0.5) is 13.2 Å². The molecule has 0 radical (unpaired) electrons. The molecule has 0 saturated heterocycles. The van der Waals surface area contributed by atoms with E-state index in [-0.39, 0.29) is 15.8 Å². The minimum absolute atomic E-state index is 0.180. The van der Waals surface area contributed by atoms with E-state index in [0.717, 1.165) is 12.5 Å². The molecule has 0 N–H and O–H groups in total. The van der Waals surface area contributed by atoms with Gasteiger partial charge in [-0.2, -0.15) is 0 Å². The Bertz CT molecular complexity index is 438. The number of benzene rings is 1. The van der Waals surface area contributed by atoms with Crippen molar-refractivity contribution in [2.75, 3.05) is 0 Å². The molecule has 0 spiro atoms. The van der Waals surface area contributed by atoms with Crippen LogP contribution < -0.4 is 0 Å². The second-order valence-corrected chi connectivity index (χ2v) is 7.47. The van der Waals surface area contributed by atoms with E-state index >= 15 is 0 Å². The highest BCUT2D eigenvalue weighted by molar-refractivity contribution is 9.09. The van der Waals surface area contributed by atoms with E-state index in [1.807, 2.05) is 0 Å². The molecule has 0 aromatic heterocycles. The molecule has 0 aliphatic rings. The number of hydrogen-bond acceptors (Lipinski definition) is 0. The van der Waals surface area contributed by atoms with Crippen LogP contribution >= 0.6 is 15.9 Å². The van der Waals surface area contributed by atoms with Crippen LogP contribution in [-0.4, -0.2) is 0 Å². The molecule has 0 amide bonds. The first-order valence-electron chi connectivity index (χ1n) is 6.38. The summed E-state index contributed by atoms with van der Waals surface area (Å²) in [6.07, 6.45) is 1.67. The Kier molecular flexibility index (Phi) is 5.48. The molecule has 1 aromatic rings. The first-order valence-corrected chi connectivity index (χ1v) is 7.30. The Morgan fingerprint density at radius 3 is 2.11 bits per heavy atom.